The Balaban J connectivity index is 2.19. The molecule has 2 aromatic carbocycles. The first kappa shape index (κ1) is 14.1. The van der Waals surface area contributed by atoms with Gasteiger partial charge in [-0.25, -0.2) is 0 Å². The van der Waals surface area contributed by atoms with Gasteiger partial charge in [-0.3, -0.25) is 9.59 Å². The molecule has 1 amide bonds. The van der Waals surface area contributed by atoms with Crippen molar-refractivity contribution in [2.45, 2.75) is 6.42 Å². The Bertz CT molecular complexity index is 638. The zero-order valence-corrected chi connectivity index (χ0v) is 11.2. The summed E-state index contributed by atoms with van der Waals surface area (Å²) in [5, 5.41) is 12.1. The van der Waals surface area contributed by atoms with Crippen LogP contribution >= 0.6 is 11.6 Å². The van der Waals surface area contributed by atoms with E-state index in [9.17, 15) is 9.59 Å². The van der Waals surface area contributed by atoms with Crippen LogP contribution in [0.5, 0.6) is 0 Å². The minimum Gasteiger partial charge on any atom is -0.481 e. The van der Waals surface area contributed by atoms with E-state index in [1.165, 1.54) is 0 Å². The van der Waals surface area contributed by atoms with Crippen LogP contribution in [0.3, 0.4) is 0 Å². The zero-order valence-electron chi connectivity index (χ0n) is 10.5. The summed E-state index contributed by atoms with van der Waals surface area (Å²) in [5.41, 5.74) is 1.51. The summed E-state index contributed by atoms with van der Waals surface area (Å²) in [6.45, 7) is 0. The number of rotatable bonds is 4. The van der Waals surface area contributed by atoms with Crippen molar-refractivity contribution in [3.63, 3.8) is 0 Å². The fraction of sp³-hybridized carbons (Fsp3) is 0.0667. The monoisotopic (exact) mass is 289 g/mol. The molecule has 0 aromatic heterocycles. The summed E-state index contributed by atoms with van der Waals surface area (Å²) < 4.78 is 0. The van der Waals surface area contributed by atoms with Crippen molar-refractivity contribution in [3.8, 4) is 0 Å². The number of hydrogen-bond donors (Lipinski definition) is 2. The Kier molecular flexibility index (Phi) is 4.38. The molecule has 2 rings (SSSR count). The van der Waals surface area contributed by atoms with Crippen molar-refractivity contribution in [3.05, 3.63) is 64.7 Å². The predicted octanol–water partition coefficient (Wildman–Crippen LogP) is 3.22. The van der Waals surface area contributed by atoms with Gasteiger partial charge in [-0.15, -0.1) is 0 Å². The molecule has 0 bridgehead atoms. The smallest absolute Gasteiger partial charge is 0.307 e. The average molecular weight is 290 g/mol. The maximum Gasteiger partial charge on any atom is 0.307 e. The van der Waals surface area contributed by atoms with E-state index in [0.717, 1.165) is 0 Å². The largest absolute Gasteiger partial charge is 0.481 e. The highest BCUT2D eigenvalue weighted by molar-refractivity contribution is 6.30. The molecule has 0 saturated heterocycles. The maximum absolute atomic E-state index is 12.1. The highest BCUT2D eigenvalue weighted by Gasteiger charge is 2.10. The van der Waals surface area contributed by atoms with Crippen molar-refractivity contribution >= 4 is 29.2 Å². The number of halogens is 1. The Morgan fingerprint density at radius 2 is 1.70 bits per heavy atom. The van der Waals surface area contributed by atoms with E-state index in [0.29, 0.717) is 21.8 Å². The van der Waals surface area contributed by atoms with Gasteiger partial charge in [0, 0.05) is 16.3 Å². The van der Waals surface area contributed by atoms with Gasteiger partial charge in [0.15, 0.2) is 0 Å². The van der Waals surface area contributed by atoms with Gasteiger partial charge in [0.05, 0.1) is 6.42 Å². The van der Waals surface area contributed by atoms with E-state index in [4.69, 9.17) is 16.7 Å². The van der Waals surface area contributed by atoms with E-state index >= 15 is 0 Å². The summed E-state index contributed by atoms with van der Waals surface area (Å²) in [6, 6.07) is 13.3. The van der Waals surface area contributed by atoms with Gasteiger partial charge in [-0.1, -0.05) is 29.8 Å². The third kappa shape index (κ3) is 3.59. The second-order valence-corrected chi connectivity index (χ2v) is 4.63. The SMILES string of the molecule is O=C(O)Cc1ccccc1NC(=O)c1ccc(Cl)cc1. The van der Waals surface area contributed by atoms with Crippen molar-refractivity contribution < 1.29 is 14.7 Å². The molecule has 0 aliphatic rings. The lowest BCUT2D eigenvalue weighted by molar-refractivity contribution is -0.136. The molecule has 102 valence electrons. The van der Waals surface area contributed by atoms with Crippen LogP contribution in [0.15, 0.2) is 48.5 Å². The van der Waals surface area contributed by atoms with Crippen molar-refractivity contribution in [2.75, 3.05) is 5.32 Å². The molecule has 0 aliphatic heterocycles. The minimum atomic E-state index is -0.946. The molecule has 0 aliphatic carbocycles. The number of para-hydroxylation sites is 1. The van der Waals surface area contributed by atoms with Gasteiger partial charge < -0.3 is 10.4 Å². The van der Waals surface area contributed by atoms with E-state index in [1.54, 1.807) is 48.5 Å². The number of hydrogen-bond acceptors (Lipinski definition) is 2. The van der Waals surface area contributed by atoms with Crippen LogP contribution in [0.4, 0.5) is 5.69 Å². The topological polar surface area (TPSA) is 66.4 Å². The van der Waals surface area contributed by atoms with Crippen LogP contribution in [-0.4, -0.2) is 17.0 Å². The molecular weight excluding hydrogens is 278 g/mol. The highest BCUT2D eigenvalue weighted by Crippen LogP contribution is 2.17. The first-order valence-corrected chi connectivity index (χ1v) is 6.30. The zero-order chi connectivity index (χ0) is 14.5. The van der Waals surface area contributed by atoms with Gasteiger partial charge in [0.1, 0.15) is 0 Å². The number of carboxylic acid groups (broad SMARTS) is 1. The van der Waals surface area contributed by atoms with Gasteiger partial charge in [-0.05, 0) is 35.9 Å². The summed E-state index contributed by atoms with van der Waals surface area (Å²) in [4.78, 5) is 22.8. The molecule has 0 spiro atoms. The number of nitrogens with one attached hydrogen (secondary N) is 1. The maximum atomic E-state index is 12.1. The molecule has 0 fully saturated rings. The Morgan fingerprint density at radius 3 is 2.35 bits per heavy atom. The Morgan fingerprint density at radius 1 is 1.05 bits per heavy atom. The Hall–Kier alpha value is -2.33. The highest BCUT2D eigenvalue weighted by atomic mass is 35.5. The lowest BCUT2D eigenvalue weighted by Crippen LogP contribution is -2.14. The van der Waals surface area contributed by atoms with Crippen LogP contribution < -0.4 is 5.32 Å². The fourth-order valence-corrected chi connectivity index (χ4v) is 1.88. The molecular formula is C15H12ClNO3. The molecule has 4 nitrogen and oxygen atoms in total. The van der Waals surface area contributed by atoms with Crippen LogP contribution in [0, 0.1) is 0 Å². The number of benzene rings is 2. The number of anilines is 1. The molecule has 5 heteroatoms. The summed E-state index contributed by atoms with van der Waals surface area (Å²) in [7, 11) is 0. The van der Waals surface area contributed by atoms with Crippen LogP contribution in [0.2, 0.25) is 5.02 Å². The predicted molar refractivity (Wildman–Crippen MR) is 77.2 cm³/mol. The number of amides is 1. The summed E-state index contributed by atoms with van der Waals surface area (Å²) in [5.74, 6) is -1.25. The van der Waals surface area contributed by atoms with E-state index in [1.807, 2.05) is 0 Å². The standard InChI is InChI=1S/C15H12ClNO3/c16-12-7-5-10(6-8-12)15(20)17-13-4-2-1-3-11(13)9-14(18)19/h1-8H,9H2,(H,17,20)(H,18,19). The second kappa shape index (κ2) is 6.21. The first-order valence-electron chi connectivity index (χ1n) is 5.93. The van der Waals surface area contributed by atoms with E-state index in [-0.39, 0.29) is 12.3 Å². The fourth-order valence-electron chi connectivity index (χ4n) is 1.76. The molecule has 0 atom stereocenters. The summed E-state index contributed by atoms with van der Waals surface area (Å²) in [6.07, 6.45) is -0.142. The second-order valence-electron chi connectivity index (χ2n) is 4.19. The van der Waals surface area contributed by atoms with Crippen molar-refractivity contribution in [1.82, 2.24) is 0 Å². The molecule has 0 heterocycles. The lowest BCUT2D eigenvalue weighted by Gasteiger charge is -2.09. The van der Waals surface area contributed by atoms with E-state index < -0.39 is 5.97 Å². The molecule has 0 saturated carbocycles. The van der Waals surface area contributed by atoms with Crippen LogP contribution in [-0.2, 0) is 11.2 Å². The molecule has 2 N–H and O–H groups in total. The third-order valence-corrected chi connectivity index (χ3v) is 2.97. The lowest BCUT2D eigenvalue weighted by atomic mass is 10.1. The van der Waals surface area contributed by atoms with Gasteiger partial charge in [0.2, 0.25) is 0 Å². The van der Waals surface area contributed by atoms with Gasteiger partial charge in [0.25, 0.3) is 5.91 Å². The van der Waals surface area contributed by atoms with E-state index in [2.05, 4.69) is 5.32 Å². The van der Waals surface area contributed by atoms with Gasteiger partial charge in [-0.2, -0.15) is 0 Å². The average Bonchev–Trinajstić information content (AvgIpc) is 2.41. The minimum absolute atomic E-state index is 0.142. The summed E-state index contributed by atoms with van der Waals surface area (Å²) >= 11 is 5.76. The van der Waals surface area contributed by atoms with Crippen LogP contribution in [0.25, 0.3) is 0 Å². The number of carbonyl (C=O) groups excluding carboxylic acids is 1. The van der Waals surface area contributed by atoms with Gasteiger partial charge >= 0.3 is 5.97 Å². The quantitative estimate of drug-likeness (QED) is 0.908. The first-order chi connectivity index (χ1) is 9.56. The molecule has 0 radical (unpaired) electrons. The van der Waals surface area contributed by atoms with Crippen molar-refractivity contribution in [2.24, 2.45) is 0 Å². The Labute approximate surface area is 121 Å². The molecule has 20 heavy (non-hydrogen) atoms. The van der Waals surface area contributed by atoms with Crippen LogP contribution in [0.1, 0.15) is 15.9 Å². The number of carbonyl (C=O) groups is 2. The molecule has 2 aromatic rings. The third-order valence-electron chi connectivity index (χ3n) is 2.71. The number of carboxylic acids is 1. The normalized spacial score (nSPS) is 10.1. The number of aliphatic carboxylic acids is 1. The molecule has 0 unspecified atom stereocenters. The van der Waals surface area contributed by atoms with Crippen molar-refractivity contribution in [1.29, 1.82) is 0 Å².